The van der Waals surface area contributed by atoms with Gasteiger partial charge >= 0.3 is 0 Å². The van der Waals surface area contributed by atoms with Gasteiger partial charge in [0.05, 0.1) is 0 Å². The van der Waals surface area contributed by atoms with Crippen LogP contribution >= 0.6 is 0 Å². The number of hydrogen-bond acceptors (Lipinski definition) is 3. The maximum absolute atomic E-state index is 3.32. The zero-order valence-corrected chi connectivity index (χ0v) is 11.8. The Morgan fingerprint density at radius 1 is 1.24 bits per heavy atom. The molecule has 0 saturated carbocycles. The van der Waals surface area contributed by atoms with E-state index in [1.807, 2.05) is 0 Å². The van der Waals surface area contributed by atoms with E-state index in [1.165, 1.54) is 58.5 Å². The molecule has 100 valence electrons. The van der Waals surface area contributed by atoms with E-state index >= 15 is 0 Å². The molecule has 1 atom stereocenters. The van der Waals surface area contributed by atoms with E-state index in [-0.39, 0.29) is 0 Å². The molecule has 2 heterocycles. The first kappa shape index (κ1) is 13.3. The molecule has 3 nitrogen and oxygen atoms in total. The minimum absolute atomic E-state index is 0.570. The summed E-state index contributed by atoms with van der Waals surface area (Å²) >= 11 is 0. The van der Waals surface area contributed by atoms with E-state index in [0.29, 0.717) is 5.41 Å². The van der Waals surface area contributed by atoms with Crippen molar-refractivity contribution in [2.75, 3.05) is 53.4 Å². The van der Waals surface area contributed by atoms with Gasteiger partial charge in [-0.2, -0.15) is 0 Å². The van der Waals surface area contributed by atoms with E-state index in [2.05, 4.69) is 36.1 Å². The molecule has 0 aromatic rings. The van der Waals surface area contributed by atoms with E-state index < -0.39 is 0 Å². The van der Waals surface area contributed by atoms with Gasteiger partial charge in [-0.05, 0) is 70.9 Å². The van der Waals surface area contributed by atoms with Gasteiger partial charge in [-0.1, -0.05) is 6.92 Å². The van der Waals surface area contributed by atoms with Crippen LogP contribution < -0.4 is 5.32 Å². The van der Waals surface area contributed by atoms with Gasteiger partial charge in [0, 0.05) is 13.1 Å². The fraction of sp³-hybridized carbons (Fsp3) is 1.00. The molecule has 1 N–H and O–H groups in total. The average molecular weight is 239 g/mol. The van der Waals surface area contributed by atoms with Crippen LogP contribution in [-0.2, 0) is 0 Å². The van der Waals surface area contributed by atoms with E-state index in [0.717, 1.165) is 5.92 Å². The van der Waals surface area contributed by atoms with Gasteiger partial charge in [0.2, 0.25) is 0 Å². The lowest BCUT2D eigenvalue weighted by Crippen LogP contribution is -2.43. The summed E-state index contributed by atoms with van der Waals surface area (Å²) in [5.74, 6) is 0.884. The Bertz CT molecular complexity index is 234. The normalized spacial score (nSPS) is 30.9. The van der Waals surface area contributed by atoms with Crippen LogP contribution in [-0.4, -0.2) is 63.2 Å². The summed E-state index contributed by atoms with van der Waals surface area (Å²) in [4.78, 5) is 5.17. The Hall–Kier alpha value is -0.120. The van der Waals surface area contributed by atoms with Gasteiger partial charge in [-0.15, -0.1) is 0 Å². The van der Waals surface area contributed by atoms with Gasteiger partial charge in [-0.3, -0.25) is 0 Å². The lowest BCUT2D eigenvalue weighted by molar-refractivity contribution is 0.0954. The number of piperidine rings is 1. The van der Waals surface area contributed by atoms with Crippen molar-refractivity contribution in [3.63, 3.8) is 0 Å². The highest BCUT2D eigenvalue weighted by molar-refractivity contribution is 4.87. The third-order valence-electron chi connectivity index (χ3n) is 4.66. The van der Waals surface area contributed by atoms with Crippen LogP contribution in [0.4, 0.5) is 0 Å². The standard InChI is InChI=1S/C14H29N3/c1-14(5-8-16(3)9-6-14)12-17-7-4-13(11-17)10-15-2/h13,15H,4-12H2,1-3H3. The molecule has 3 heteroatoms. The number of nitrogens with zero attached hydrogens (tertiary/aromatic N) is 2. The highest BCUT2D eigenvalue weighted by Gasteiger charge is 2.33. The van der Waals surface area contributed by atoms with Crippen LogP contribution in [0.3, 0.4) is 0 Å². The van der Waals surface area contributed by atoms with Crippen LogP contribution in [0.2, 0.25) is 0 Å². The number of hydrogen-bond donors (Lipinski definition) is 1. The molecule has 0 bridgehead atoms. The number of rotatable bonds is 4. The highest BCUT2D eigenvalue weighted by Crippen LogP contribution is 2.32. The third kappa shape index (κ3) is 3.67. The Balaban J connectivity index is 1.77. The summed E-state index contributed by atoms with van der Waals surface area (Å²) in [5.41, 5.74) is 0.570. The van der Waals surface area contributed by atoms with Crippen molar-refractivity contribution in [3.05, 3.63) is 0 Å². The maximum Gasteiger partial charge on any atom is 0.00364 e. The minimum Gasteiger partial charge on any atom is -0.319 e. The molecule has 0 radical (unpaired) electrons. The molecular formula is C14H29N3. The van der Waals surface area contributed by atoms with Gasteiger partial charge in [-0.25, -0.2) is 0 Å². The first-order valence-corrected chi connectivity index (χ1v) is 7.17. The van der Waals surface area contributed by atoms with Crippen molar-refractivity contribution in [2.45, 2.75) is 26.2 Å². The lowest BCUT2D eigenvalue weighted by Gasteiger charge is -2.40. The topological polar surface area (TPSA) is 18.5 Å². The molecule has 0 aromatic carbocycles. The quantitative estimate of drug-likeness (QED) is 0.797. The first-order valence-electron chi connectivity index (χ1n) is 7.17. The minimum atomic E-state index is 0.570. The monoisotopic (exact) mass is 239 g/mol. The second-order valence-electron chi connectivity index (χ2n) is 6.56. The molecule has 2 aliphatic rings. The van der Waals surface area contributed by atoms with Crippen LogP contribution in [0.15, 0.2) is 0 Å². The number of nitrogens with one attached hydrogen (secondary N) is 1. The van der Waals surface area contributed by atoms with Gasteiger partial charge in [0.1, 0.15) is 0 Å². The molecule has 17 heavy (non-hydrogen) atoms. The summed E-state index contributed by atoms with van der Waals surface area (Å²) in [5, 5.41) is 3.32. The Morgan fingerprint density at radius 2 is 1.94 bits per heavy atom. The average Bonchev–Trinajstić information content (AvgIpc) is 2.71. The molecule has 0 aliphatic carbocycles. The summed E-state index contributed by atoms with van der Waals surface area (Å²) < 4.78 is 0. The molecule has 0 aromatic heterocycles. The third-order valence-corrected chi connectivity index (χ3v) is 4.66. The Kier molecular flexibility index (Phi) is 4.45. The SMILES string of the molecule is CNCC1CCN(CC2(C)CCN(C)CC2)C1. The lowest BCUT2D eigenvalue weighted by atomic mass is 9.80. The highest BCUT2D eigenvalue weighted by atomic mass is 15.2. The van der Waals surface area contributed by atoms with Crippen molar-refractivity contribution in [1.29, 1.82) is 0 Å². The van der Waals surface area contributed by atoms with Crippen LogP contribution in [0.1, 0.15) is 26.2 Å². The molecule has 2 rings (SSSR count). The second-order valence-corrected chi connectivity index (χ2v) is 6.56. The summed E-state index contributed by atoms with van der Waals surface area (Å²) in [6.45, 7) is 10.2. The van der Waals surface area contributed by atoms with Crippen LogP contribution in [0.5, 0.6) is 0 Å². The van der Waals surface area contributed by atoms with Crippen LogP contribution in [0, 0.1) is 11.3 Å². The predicted molar refractivity (Wildman–Crippen MR) is 73.3 cm³/mol. The molecule has 0 spiro atoms. The summed E-state index contributed by atoms with van der Waals surface area (Å²) in [6.07, 6.45) is 4.13. The molecule has 2 aliphatic heterocycles. The van der Waals surface area contributed by atoms with Gasteiger partial charge < -0.3 is 15.1 Å². The predicted octanol–water partition coefficient (Wildman–Crippen LogP) is 1.26. The second kappa shape index (κ2) is 5.68. The zero-order valence-electron chi connectivity index (χ0n) is 11.8. The van der Waals surface area contributed by atoms with E-state index in [1.54, 1.807) is 0 Å². The van der Waals surface area contributed by atoms with Crippen molar-refractivity contribution in [3.8, 4) is 0 Å². The first-order chi connectivity index (χ1) is 8.11. The molecule has 0 amide bonds. The van der Waals surface area contributed by atoms with Crippen molar-refractivity contribution in [1.82, 2.24) is 15.1 Å². The molecule has 2 saturated heterocycles. The Morgan fingerprint density at radius 3 is 2.59 bits per heavy atom. The largest absolute Gasteiger partial charge is 0.319 e. The van der Waals surface area contributed by atoms with E-state index in [4.69, 9.17) is 0 Å². The molecular weight excluding hydrogens is 210 g/mol. The number of likely N-dealkylation sites (tertiary alicyclic amines) is 2. The molecule has 2 fully saturated rings. The maximum atomic E-state index is 3.32. The van der Waals surface area contributed by atoms with Crippen molar-refractivity contribution < 1.29 is 0 Å². The summed E-state index contributed by atoms with van der Waals surface area (Å²) in [7, 11) is 4.32. The molecule has 1 unspecified atom stereocenters. The van der Waals surface area contributed by atoms with Gasteiger partial charge in [0.25, 0.3) is 0 Å². The van der Waals surface area contributed by atoms with Crippen molar-refractivity contribution >= 4 is 0 Å². The fourth-order valence-corrected chi connectivity index (χ4v) is 3.37. The smallest absolute Gasteiger partial charge is 0.00364 e. The Labute approximate surface area is 107 Å². The summed E-state index contributed by atoms with van der Waals surface area (Å²) in [6, 6.07) is 0. The van der Waals surface area contributed by atoms with Gasteiger partial charge in [0.15, 0.2) is 0 Å². The van der Waals surface area contributed by atoms with E-state index in [9.17, 15) is 0 Å². The zero-order chi connectivity index (χ0) is 12.3. The van der Waals surface area contributed by atoms with Crippen molar-refractivity contribution in [2.24, 2.45) is 11.3 Å². The van der Waals surface area contributed by atoms with Crippen LogP contribution in [0.25, 0.3) is 0 Å². The fourth-order valence-electron chi connectivity index (χ4n) is 3.37.